The molecular formula is C32H46N4O4. The van der Waals surface area contributed by atoms with E-state index >= 15 is 0 Å². The van der Waals surface area contributed by atoms with Gasteiger partial charge in [-0.3, -0.25) is 9.59 Å². The predicted molar refractivity (Wildman–Crippen MR) is 162 cm³/mol. The summed E-state index contributed by atoms with van der Waals surface area (Å²) < 4.78 is 11.3. The van der Waals surface area contributed by atoms with Crippen molar-refractivity contribution in [3.8, 4) is 5.75 Å². The summed E-state index contributed by atoms with van der Waals surface area (Å²) in [6, 6.07) is 13.8. The van der Waals surface area contributed by atoms with Gasteiger partial charge in [0.15, 0.2) is 0 Å². The monoisotopic (exact) mass is 550 g/mol. The van der Waals surface area contributed by atoms with Gasteiger partial charge in [-0.25, -0.2) is 0 Å². The standard InChI is InChI=1S/C32H46N4O4/c1-23(21-32(2,3)4)19-30(37)34-24-12-13-27(26(20-24)31(38)33-22-25-9-8-18-40-25)35-14-16-36(17-15-35)28-10-6-7-11-29(28)39-5/h6-7,10-13,20,23,25H,8-9,14-19,21-22H2,1-5H3,(H,33,38)(H,34,37). The van der Waals surface area contributed by atoms with Crippen molar-refractivity contribution < 1.29 is 19.1 Å². The molecule has 0 radical (unpaired) electrons. The summed E-state index contributed by atoms with van der Waals surface area (Å²) in [5.41, 5.74) is 3.35. The van der Waals surface area contributed by atoms with Crippen LogP contribution in [0.3, 0.4) is 0 Å². The smallest absolute Gasteiger partial charge is 0.253 e. The lowest BCUT2D eigenvalue weighted by atomic mass is 9.84. The van der Waals surface area contributed by atoms with Gasteiger partial charge in [0.05, 0.1) is 24.5 Å². The Morgan fingerprint density at radius 2 is 1.75 bits per heavy atom. The molecule has 0 bridgehead atoms. The van der Waals surface area contributed by atoms with Crippen molar-refractivity contribution in [2.45, 2.75) is 59.5 Å². The van der Waals surface area contributed by atoms with E-state index in [9.17, 15) is 9.59 Å². The molecular weight excluding hydrogens is 504 g/mol. The fraction of sp³-hybridized carbons (Fsp3) is 0.562. The summed E-state index contributed by atoms with van der Waals surface area (Å²) in [5, 5.41) is 6.12. The third-order valence-corrected chi connectivity index (χ3v) is 7.58. The molecule has 2 atom stereocenters. The second-order valence-corrected chi connectivity index (χ2v) is 12.3. The van der Waals surface area contributed by atoms with E-state index in [1.165, 1.54) is 0 Å². The highest BCUT2D eigenvalue weighted by Gasteiger charge is 2.25. The van der Waals surface area contributed by atoms with Crippen LogP contribution in [0.2, 0.25) is 0 Å². The lowest BCUT2D eigenvalue weighted by Crippen LogP contribution is -2.47. The van der Waals surface area contributed by atoms with Crippen LogP contribution in [0.15, 0.2) is 42.5 Å². The van der Waals surface area contributed by atoms with Gasteiger partial charge in [-0.2, -0.15) is 0 Å². The number of carbonyl (C=O) groups is 2. The van der Waals surface area contributed by atoms with Gasteiger partial charge in [-0.1, -0.05) is 39.8 Å². The number of carbonyl (C=O) groups excluding carboxylic acids is 2. The maximum Gasteiger partial charge on any atom is 0.253 e. The molecule has 2 aliphatic rings. The van der Waals surface area contributed by atoms with Gasteiger partial charge >= 0.3 is 0 Å². The number of ether oxygens (including phenoxy) is 2. The number of hydrogen-bond donors (Lipinski definition) is 2. The van der Waals surface area contributed by atoms with Crippen LogP contribution >= 0.6 is 0 Å². The van der Waals surface area contributed by atoms with E-state index in [1.807, 2.05) is 36.4 Å². The molecule has 2 amide bonds. The summed E-state index contributed by atoms with van der Waals surface area (Å²) >= 11 is 0. The molecule has 2 aliphatic heterocycles. The highest BCUT2D eigenvalue weighted by Crippen LogP contribution is 2.31. The number of hydrogen-bond acceptors (Lipinski definition) is 6. The van der Waals surface area contributed by atoms with Crippen LogP contribution in [0.4, 0.5) is 17.1 Å². The fourth-order valence-corrected chi connectivity index (χ4v) is 5.90. The quantitative estimate of drug-likeness (QED) is 0.416. The Kier molecular flexibility index (Phi) is 9.95. The summed E-state index contributed by atoms with van der Waals surface area (Å²) in [4.78, 5) is 30.9. The van der Waals surface area contributed by atoms with Crippen molar-refractivity contribution in [1.29, 1.82) is 0 Å². The van der Waals surface area contributed by atoms with E-state index in [0.29, 0.717) is 24.2 Å². The van der Waals surface area contributed by atoms with Gasteiger partial charge in [-0.15, -0.1) is 0 Å². The number of rotatable bonds is 10. The second-order valence-electron chi connectivity index (χ2n) is 12.3. The molecule has 4 rings (SSSR count). The lowest BCUT2D eigenvalue weighted by Gasteiger charge is -2.38. The Balaban J connectivity index is 1.48. The largest absolute Gasteiger partial charge is 0.495 e. The number of piperazine rings is 1. The minimum atomic E-state index is -0.144. The van der Waals surface area contributed by atoms with Gasteiger partial charge in [0, 0.05) is 57.1 Å². The van der Waals surface area contributed by atoms with E-state index < -0.39 is 0 Å². The minimum absolute atomic E-state index is 0.0272. The number of nitrogens with zero attached hydrogens (tertiary/aromatic N) is 2. The van der Waals surface area contributed by atoms with Crippen LogP contribution in [0.5, 0.6) is 5.75 Å². The average molecular weight is 551 g/mol. The number of amides is 2. The molecule has 2 aromatic rings. The van der Waals surface area contributed by atoms with E-state index in [1.54, 1.807) is 7.11 Å². The Hall–Kier alpha value is -3.26. The first-order valence-electron chi connectivity index (χ1n) is 14.6. The zero-order chi connectivity index (χ0) is 28.7. The molecule has 0 aliphatic carbocycles. The maximum atomic E-state index is 13.5. The van der Waals surface area contributed by atoms with Gasteiger partial charge in [-0.05, 0) is 60.9 Å². The molecule has 2 unspecified atom stereocenters. The van der Waals surface area contributed by atoms with E-state index in [4.69, 9.17) is 9.47 Å². The van der Waals surface area contributed by atoms with Crippen molar-refractivity contribution in [2.75, 3.05) is 61.6 Å². The Bertz CT molecular complexity index is 1150. The first kappa shape index (κ1) is 29.7. The number of benzene rings is 2. The molecule has 2 fully saturated rings. The molecule has 0 aromatic heterocycles. The molecule has 2 saturated heterocycles. The number of nitrogens with one attached hydrogen (secondary N) is 2. The second kappa shape index (κ2) is 13.4. The number of methoxy groups -OCH3 is 1. The van der Waals surface area contributed by atoms with Gasteiger partial charge < -0.3 is 29.9 Å². The summed E-state index contributed by atoms with van der Waals surface area (Å²) in [6.07, 6.45) is 3.46. The fourth-order valence-electron chi connectivity index (χ4n) is 5.90. The normalized spacial score (nSPS) is 18.4. The highest BCUT2D eigenvalue weighted by molar-refractivity contribution is 6.02. The van der Waals surface area contributed by atoms with E-state index in [2.05, 4.69) is 54.2 Å². The third kappa shape index (κ3) is 8.13. The van der Waals surface area contributed by atoms with Crippen LogP contribution in [0, 0.1) is 11.3 Å². The zero-order valence-corrected chi connectivity index (χ0v) is 24.8. The van der Waals surface area contributed by atoms with Crippen LogP contribution in [-0.4, -0.2) is 64.4 Å². The first-order valence-corrected chi connectivity index (χ1v) is 14.6. The lowest BCUT2D eigenvalue weighted by molar-refractivity contribution is -0.117. The predicted octanol–water partition coefficient (Wildman–Crippen LogP) is 5.33. The van der Waals surface area contributed by atoms with E-state index in [0.717, 1.165) is 69.2 Å². The molecule has 40 heavy (non-hydrogen) atoms. The highest BCUT2D eigenvalue weighted by atomic mass is 16.5. The zero-order valence-electron chi connectivity index (χ0n) is 24.8. The van der Waals surface area contributed by atoms with E-state index in [-0.39, 0.29) is 29.3 Å². The third-order valence-electron chi connectivity index (χ3n) is 7.58. The Morgan fingerprint density at radius 3 is 2.40 bits per heavy atom. The summed E-state index contributed by atoms with van der Waals surface area (Å²) in [6.45, 7) is 13.1. The van der Waals surface area contributed by atoms with Crippen molar-refractivity contribution in [3.63, 3.8) is 0 Å². The minimum Gasteiger partial charge on any atom is -0.495 e. The van der Waals surface area contributed by atoms with Crippen LogP contribution < -0.4 is 25.2 Å². The molecule has 2 heterocycles. The Labute approximate surface area is 239 Å². The molecule has 8 nitrogen and oxygen atoms in total. The Morgan fingerprint density at radius 1 is 1.05 bits per heavy atom. The molecule has 0 spiro atoms. The molecule has 218 valence electrons. The SMILES string of the molecule is COc1ccccc1N1CCN(c2ccc(NC(=O)CC(C)CC(C)(C)C)cc2C(=O)NCC2CCCO2)CC1. The van der Waals surface area contributed by atoms with Gasteiger partial charge in [0.25, 0.3) is 5.91 Å². The summed E-state index contributed by atoms with van der Waals surface area (Å²) in [7, 11) is 1.70. The van der Waals surface area contributed by atoms with Crippen molar-refractivity contribution in [3.05, 3.63) is 48.0 Å². The van der Waals surface area contributed by atoms with Crippen LogP contribution in [-0.2, 0) is 9.53 Å². The van der Waals surface area contributed by atoms with Crippen LogP contribution in [0.1, 0.15) is 63.7 Å². The van der Waals surface area contributed by atoms with Crippen LogP contribution in [0.25, 0.3) is 0 Å². The number of anilines is 3. The first-order chi connectivity index (χ1) is 19.1. The van der Waals surface area contributed by atoms with Crippen molar-refractivity contribution in [2.24, 2.45) is 11.3 Å². The van der Waals surface area contributed by atoms with Crippen molar-refractivity contribution in [1.82, 2.24) is 5.32 Å². The van der Waals surface area contributed by atoms with Gasteiger partial charge in [0.1, 0.15) is 5.75 Å². The topological polar surface area (TPSA) is 83.1 Å². The summed E-state index contributed by atoms with van der Waals surface area (Å²) in [5.74, 6) is 0.963. The molecule has 8 heteroatoms. The molecule has 2 aromatic carbocycles. The molecule has 2 N–H and O–H groups in total. The maximum absolute atomic E-state index is 13.5. The average Bonchev–Trinajstić information content (AvgIpc) is 3.44. The van der Waals surface area contributed by atoms with Gasteiger partial charge in [0.2, 0.25) is 5.91 Å². The molecule has 0 saturated carbocycles. The number of para-hydroxylation sites is 2. The van der Waals surface area contributed by atoms with Crippen molar-refractivity contribution >= 4 is 28.9 Å².